The van der Waals surface area contributed by atoms with E-state index < -0.39 is 0 Å². The summed E-state index contributed by atoms with van der Waals surface area (Å²) in [7, 11) is 0. The van der Waals surface area contributed by atoms with Crippen LogP contribution in [0.3, 0.4) is 0 Å². The van der Waals surface area contributed by atoms with Crippen molar-refractivity contribution >= 4 is 64.9 Å². The SMILES string of the molecule is c1cc(-c2ccc(-c3ccc(-n4c5ccccc5c5ccccc54)cc3)cc2)c2cc3c4ccccc4c4ccccc4c3cc2c1. The van der Waals surface area contributed by atoms with Crippen LogP contribution < -0.4 is 0 Å². The Balaban J connectivity index is 1.06. The van der Waals surface area contributed by atoms with Crippen LogP contribution in [0.4, 0.5) is 0 Å². The molecular weight excluding hydrogens is 567 g/mol. The second-order valence-electron chi connectivity index (χ2n) is 12.5. The average molecular weight is 596 g/mol. The summed E-state index contributed by atoms with van der Waals surface area (Å²) in [5, 5.41) is 13.0. The molecule has 1 heterocycles. The van der Waals surface area contributed by atoms with Gasteiger partial charge in [0.15, 0.2) is 0 Å². The van der Waals surface area contributed by atoms with Crippen molar-refractivity contribution in [2.45, 2.75) is 0 Å². The summed E-state index contributed by atoms with van der Waals surface area (Å²) in [6.07, 6.45) is 0. The van der Waals surface area contributed by atoms with Gasteiger partial charge in [0.1, 0.15) is 0 Å². The van der Waals surface area contributed by atoms with Gasteiger partial charge in [0.2, 0.25) is 0 Å². The number of rotatable bonds is 3. The molecule has 1 heteroatoms. The van der Waals surface area contributed by atoms with Gasteiger partial charge in [0.05, 0.1) is 11.0 Å². The number of benzene rings is 9. The molecule has 0 aliphatic rings. The number of para-hydroxylation sites is 2. The molecule has 0 unspecified atom stereocenters. The van der Waals surface area contributed by atoms with Gasteiger partial charge in [-0.05, 0) is 102 Å². The summed E-state index contributed by atoms with van der Waals surface area (Å²) >= 11 is 0. The third kappa shape index (κ3) is 3.97. The van der Waals surface area contributed by atoms with E-state index in [2.05, 4.69) is 180 Å². The Hall–Kier alpha value is -6.18. The van der Waals surface area contributed by atoms with E-state index in [9.17, 15) is 0 Å². The van der Waals surface area contributed by atoms with Gasteiger partial charge in [0.25, 0.3) is 0 Å². The minimum Gasteiger partial charge on any atom is -0.309 e. The average Bonchev–Trinajstić information content (AvgIpc) is 3.49. The molecule has 9 aromatic carbocycles. The van der Waals surface area contributed by atoms with E-state index in [4.69, 9.17) is 0 Å². The molecule has 10 aromatic rings. The van der Waals surface area contributed by atoms with E-state index in [1.807, 2.05) is 0 Å². The monoisotopic (exact) mass is 595 g/mol. The Kier molecular flexibility index (Phi) is 5.64. The molecule has 47 heavy (non-hydrogen) atoms. The first-order chi connectivity index (χ1) is 23.3. The van der Waals surface area contributed by atoms with Gasteiger partial charge in [-0.3, -0.25) is 0 Å². The van der Waals surface area contributed by atoms with Gasteiger partial charge in [0, 0.05) is 16.5 Å². The van der Waals surface area contributed by atoms with Crippen LogP contribution in [0.5, 0.6) is 0 Å². The predicted octanol–water partition coefficient (Wildman–Crippen LogP) is 12.7. The molecule has 1 nitrogen and oxygen atoms in total. The summed E-state index contributed by atoms with van der Waals surface area (Å²) < 4.78 is 2.37. The van der Waals surface area contributed by atoms with E-state index in [-0.39, 0.29) is 0 Å². The normalized spacial score (nSPS) is 11.8. The summed E-state index contributed by atoms with van der Waals surface area (Å²) in [5.74, 6) is 0. The Morgan fingerprint density at radius 1 is 0.277 bits per heavy atom. The standard InChI is InChI=1S/C46H29N/c1-3-13-38-36(11-1)37-12-2-4-14-39(37)44-29-42-33(28-43(38)44)10-9-17-35(42)32-22-20-30(21-23-32)31-24-26-34(27-25-31)47-45-18-7-5-15-40(45)41-16-6-8-19-46(41)47/h1-29H. The van der Waals surface area contributed by atoms with Crippen LogP contribution in [-0.2, 0) is 0 Å². The lowest BCUT2D eigenvalue weighted by Crippen LogP contribution is -1.93. The van der Waals surface area contributed by atoms with Crippen LogP contribution in [0, 0.1) is 0 Å². The molecule has 0 radical (unpaired) electrons. The van der Waals surface area contributed by atoms with Crippen LogP contribution in [0.1, 0.15) is 0 Å². The minimum atomic E-state index is 1.17. The van der Waals surface area contributed by atoms with Crippen LogP contribution in [0.2, 0.25) is 0 Å². The topological polar surface area (TPSA) is 4.93 Å². The molecule has 0 N–H and O–H groups in total. The summed E-state index contributed by atoms with van der Waals surface area (Å²) in [6, 6.07) is 64.5. The molecule has 10 rings (SSSR count). The molecule has 0 fully saturated rings. The van der Waals surface area contributed by atoms with Crippen LogP contribution in [0.25, 0.3) is 92.8 Å². The van der Waals surface area contributed by atoms with Crippen molar-refractivity contribution in [3.05, 3.63) is 176 Å². The molecule has 0 saturated carbocycles. The quantitative estimate of drug-likeness (QED) is 0.141. The fraction of sp³-hybridized carbons (Fsp3) is 0. The maximum absolute atomic E-state index is 2.41. The Labute approximate surface area is 272 Å². The highest BCUT2D eigenvalue weighted by Gasteiger charge is 2.13. The Bertz CT molecular complexity index is 2760. The van der Waals surface area contributed by atoms with Gasteiger partial charge in [-0.2, -0.15) is 0 Å². The third-order valence-electron chi connectivity index (χ3n) is 9.98. The Morgan fingerprint density at radius 3 is 1.30 bits per heavy atom. The van der Waals surface area contributed by atoms with Crippen LogP contribution in [0.15, 0.2) is 176 Å². The lowest BCUT2D eigenvalue weighted by Gasteiger charge is -2.14. The van der Waals surface area contributed by atoms with Crippen molar-refractivity contribution in [3.8, 4) is 27.9 Å². The summed E-state index contributed by atoms with van der Waals surface area (Å²) in [5.41, 5.74) is 8.55. The fourth-order valence-corrected chi connectivity index (χ4v) is 7.77. The van der Waals surface area contributed by atoms with Crippen LogP contribution >= 0.6 is 0 Å². The molecule has 0 amide bonds. The number of fused-ring (bicyclic) bond motifs is 10. The third-order valence-corrected chi connectivity index (χ3v) is 9.98. The second-order valence-corrected chi connectivity index (χ2v) is 12.5. The zero-order valence-corrected chi connectivity index (χ0v) is 25.7. The van der Waals surface area contributed by atoms with Gasteiger partial charge in [-0.25, -0.2) is 0 Å². The lowest BCUT2D eigenvalue weighted by molar-refractivity contribution is 1.18. The maximum atomic E-state index is 2.41. The van der Waals surface area contributed by atoms with Crippen molar-refractivity contribution in [2.24, 2.45) is 0 Å². The predicted molar refractivity (Wildman–Crippen MR) is 202 cm³/mol. The molecule has 218 valence electrons. The smallest absolute Gasteiger partial charge is 0.0541 e. The van der Waals surface area contributed by atoms with E-state index in [1.54, 1.807) is 0 Å². The molecule has 0 saturated heterocycles. The highest BCUT2D eigenvalue weighted by molar-refractivity contribution is 6.27. The number of nitrogens with zero attached hydrogens (tertiary/aromatic N) is 1. The molecule has 0 atom stereocenters. The molecule has 0 aliphatic heterocycles. The molecule has 0 bridgehead atoms. The first kappa shape index (κ1) is 26.1. The summed E-state index contributed by atoms with van der Waals surface area (Å²) in [4.78, 5) is 0. The van der Waals surface area contributed by atoms with E-state index in [1.165, 1.54) is 92.8 Å². The first-order valence-corrected chi connectivity index (χ1v) is 16.3. The largest absolute Gasteiger partial charge is 0.309 e. The van der Waals surface area contributed by atoms with Gasteiger partial charge < -0.3 is 4.57 Å². The number of hydrogen-bond donors (Lipinski definition) is 0. The zero-order chi connectivity index (χ0) is 30.9. The van der Waals surface area contributed by atoms with Crippen molar-refractivity contribution in [3.63, 3.8) is 0 Å². The molecule has 1 aromatic heterocycles. The molecular formula is C46H29N. The first-order valence-electron chi connectivity index (χ1n) is 16.3. The van der Waals surface area contributed by atoms with Crippen molar-refractivity contribution < 1.29 is 0 Å². The van der Waals surface area contributed by atoms with E-state index in [0.717, 1.165) is 0 Å². The van der Waals surface area contributed by atoms with E-state index in [0.29, 0.717) is 0 Å². The van der Waals surface area contributed by atoms with E-state index >= 15 is 0 Å². The Morgan fingerprint density at radius 2 is 0.723 bits per heavy atom. The lowest BCUT2D eigenvalue weighted by atomic mass is 9.90. The van der Waals surface area contributed by atoms with Gasteiger partial charge in [-0.1, -0.05) is 140 Å². The highest BCUT2D eigenvalue weighted by atomic mass is 15.0. The zero-order valence-electron chi connectivity index (χ0n) is 25.7. The van der Waals surface area contributed by atoms with Gasteiger partial charge in [-0.15, -0.1) is 0 Å². The summed E-state index contributed by atoms with van der Waals surface area (Å²) in [6.45, 7) is 0. The van der Waals surface area contributed by atoms with Crippen molar-refractivity contribution in [1.29, 1.82) is 0 Å². The minimum absolute atomic E-state index is 1.17. The highest BCUT2D eigenvalue weighted by Crippen LogP contribution is 2.40. The van der Waals surface area contributed by atoms with Crippen LogP contribution in [-0.4, -0.2) is 4.57 Å². The maximum Gasteiger partial charge on any atom is 0.0541 e. The van der Waals surface area contributed by atoms with Crippen molar-refractivity contribution in [1.82, 2.24) is 4.57 Å². The van der Waals surface area contributed by atoms with Crippen molar-refractivity contribution in [2.75, 3.05) is 0 Å². The fourth-order valence-electron chi connectivity index (χ4n) is 7.77. The molecule has 0 aliphatic carbocycles. The second kappa shape index (κ2) is 10.2. The number of hydrogen-bond acceptors (Lipinski definition) is 0. The number of aromatic nitrogens is 1. The van der Waals surface area contributed by atoms with Gasteiger partial charge >= 0.3 is 0 Å². The molecule has 0 spiro atoms.